The third kappa shape index (κ3) is 3.83. The van der Waals surface area contributed by atoms with Gasteiger partial charge in [0.1, 0.15) is 11.5 Å². The molecule has 0 saturated carbocycles. The predicted octanol–water partition coefficient (Wildman–Crippen LogP) is 2.81. The molecule has 3 rings (SSSR count). The quantitative estimate of drug-likeness (QED) is 0.866. The Bertz CT molecular complexity index is 828. The number of oxazole rings is 1. The van der Waals surface area contributed by atoms with Crippen LogP contribution in [-0.2, 0) is 6.54 Å². The molecular weight excluding hydrogens is 358 g/mol. The van der Waals surface area contributed by atoms with E-state index in [9.17, 15) is 9.59 Å². The molecule has 2 amide bonds. The Balaban J connectivity index is 1.68. The molecule has 1 fully saturated rings. The molecule has 0 radical (unpaired) electrons. The molecule has 2 heterocycles. The van der Waals surface area contributed by atoms with Crippen molar-refractivity contribution in [2.75, 3.05) is 20.2 Å². The fourth-order valence-corrected chi connectivity index (χ4v) is 3.08. The summed E-state index contributed by atoms with van der Waals surface area (Å²) < 4.78 is 10.7. The van der Waals surface area contributed by atoms with Crippen LogP contribution in [0.25, 0.3) is 0 Å². The van der Waals surface area contributed by atoms with Crippen LogP contribution in [0.15, 0.2) is 22.6 Å². The standard InChI is InChI=1S/C18H20ClN3O4/c1-11-16(18(24)22-7-3-4-8-22)21-15(26-11)10-20-17(23)13-9-12(19)5-6-14(13)25-2/h5-6,9H,3-4,7-8,10H2,1-2H3,(H,20,23). The van der Waals surface area contributed by atoms with Crippen LogP contribution in [0.5, 0.6) is 5.75 Å². The second-order valence-corrected chi connectivity index (χ2v) is 6.48. The zero-order valence-corrected chi connectivity index (χ0v) is 15.4. The molecule has 2 aromatic rings. The van der Waals surface area contributed by atoms with Crippen molar-refractivity contribution in [3.63, 3.8) is 0 Å². The van der Waals surface area contributed by atoms with Crippen molar-refractivity contribution >= 4 is 23.4 Å². The van der Waals surface area contributed by atoms with Crippen molar-refractivity contribution in [3.8, 4) is 5.75 Å². The highest BCUT2D eigenvalue weighted by Gasteiger charge is 2.25. The molecule has 0 bridgehead atoms. The van der Waals surface area contributed by atoms with Gasteiger partial charge >= 0.3 is 0 Å². The lowest BCUT2D eigenvalue weighted by atomic mass is 10.2. The molecule has 0 atom stereocenters. The minimum Gasteiger partial charge on any atom is -0.496 e. The first-order valence-corrected chi connectivity index (χ1v) is 8.74. The summed E-state index contributed by atoms with van der Waals surface area (Å²) in [6.45, 7) is 3.24. The SMILES string of the molecule is COc1ccc(Cl)cc1C(=O)NCc1nc(C(=O)N2CCCC2)c(C)o1. The maximum Gasteiger partial charge on any atom is 0.276 e. The van der Waals surface area contributed by atoms with E-state index in [0.29, 0.717) is 27.8 Å². The minimum atomic E-state index is -0.368. The van der Waals surface area contributed by atoms with Crippen LogP contribution in [0, 0.1) is 6.92 Å². The third-order valence-electron chi connectivity index (χ3n) is 4.24. The van der Waals surface area contributed by atoms with Gasteiger partial charge in [0.05, 0.1) is 19.2 Å². The van der Waals surface area contributed by atoms with Crippen LogP contribution in [0.2, 0.25) is 5.02 Å². The number of aryl methyl sites for hydroxylation is 1. The number of amides is 2. The number of methoxy groups -OCH3 is 1. The summed E-state index contributed by atoms with van der Waals surface area (Å²) in [4.78, 5) is 30.9. The number of nitrogens with zero attached hydrogens (tertiary/aromatic N) is 2. The van der Waals surface area contributed by atoms with Crippen LogP contribution in [0.3, 0.4) is 0 Å². The summed E-state index contributed by atoms with van der Waals surface area (Å²) in [6, 6.07) is 4.79. The Morgan fingerprint density at radius 3 is 2.77 bits per heavy atom. The summed E-state index contributed by atoms with van der Waals surface area (Å²) in [7, 11) is 1.48. The van der Waals surface area contributed by atoms with Gasteiger partial charge in [-0.25, -0.2) is 4.98 Å². The fraction of sp³-hybridized carbons (Fsp3) is 0.389. The Hall–Kier alpha value is -2.54. The maximum absolute atomic E-state index is 12.4. The lowest BCUT2D eigenvalue weighted by Crippen LogP contribution is -2.28. The summed E-state index contributed by atoms with van der Waals surface area (Å²) in [5, 5.41) is 3.14. The lowest BCUT2D eigenvalue weighted by Gasteiger charge is -2.13. The van der Waals surface area contributed by atoms with E-state index in [0.717, 1.165) is 25.9 Å². The molecule has 0 aliphatic carbocycles. The Kier molecular flexibility index (Phi) is 5.46. The molecule has 0 spiro atoms. The molecule has 1 aromatic heterocycles. The number of halogens is 1. The van der Waals surface area contributed by atoms with Gasteiger partial charge in [-0.05, 0) is 38.0 Å². The molecule has 26 heavy (non-hydrogen) atoms. The smallest absolute Gasteiger partial charge is 0.276 e. The van der Waals surface area contributed by atoms with Gasteiger partial charge in [-0.2, -0.15) is 0 Å². The van der Waals surface area contributed by atoms with Crippen molar-refractivity contribution < 1.29 is 18.7 Å². The van der Waals surface area contributed by atoms with Crippen molar-refractivity contribution in [3.05, 3.63) is 46.1 Å². The van der Waals surface area contributed by atoms with Gasteiger partial charge in [0.15, 0.2) is 5.69 Å². The zero-order valence-electron chi connectivity index (χ0n) is 14.7. The predicted molar refractivity (Wildman–Crippen MR) is 95.6 cm³/mol. The average Bonchev–Trinajstić information content (AvgIpc) is 3.29. The highest BCUT2D eigenvalue weighted by molar-refractivity contribution is 6.31. The van der Waals surface area contributed by atoms with Crippen molar-refractivity contribution in [2.24, 2.45) is 0 Å². The second-order valence-electron chi connectivity index (χ2n) is 6.04. The lowest BCUT2D eigenvalue weighted by molar-refractivity contribution is 0.0785. The van der Waals surface area contributed by atoms with Gasteiger partial charge in [-0.1, -0.05) is 11.6 Å². The van der Waals surface area contributed by atoms with Gasteiger partial charge < -0.3 is 19.4 Å². The molecule has 1 aliphatic rings. The second kappa shape index (κ2) is 7.78. The monoisotopic (exact) mass is 377 g/mol. The summed E-state index contributed by atoms with van der Waals surface area (Å²) >= 11 is 5.95. The number of hydrogen-bond acceptors (Lipinski definition) is 5. The minimum absolute atomic E-state index is 0.0582. The molecule has 1 N–H and O–H groups in total. The van der Waals surface area contributed by atoms with Gasteiger partial charge in [0, 0.05) is 18.1 Å². The number of hydrogen-bond donors (Lipinski definition) is 1. The molecule has 7 nitrogen and oxygen atoms in total. The van der Waals surface area contributed by atoms with Gasteiger partial charge in [0.25, 0.3) is 11.8 Å². The number of ether oxygens (including phenoxy) is 1. The first-order valence-electron chi connectivity index (χ1n) is 8.37. The molecule has 8 heteroatoms. The largest absolute Gasteiger partial charge is 0.496 e. The number of nitrogens with one attached hydrogen (secondary N) is 1. The number of carbonyl (C=O) groups is 2. The molecule has 0 unspecified atom stereocenters. The number of carbonyl (C=O) groups excluding carboxylic acids is 2. The highest BCUT2D eigenvalue weighted by Crippen LogP contribution is 2.23. The third-order valence-corrected chi connectivity index (χ3v) is 4.48. The van der Waals surface area contributed by atoms with E-state index in [4.69, 9.17) is 20.8 Å². The Morgan fingerprint density at radius 2 is 2.08 bits per heavy atom. The van der Waals surface area contributed by atoms with E-state index in [1.807, 2.05) is 0 Å². The van der Waals surface area contributed by atoms with Crippen molar-refractivity contribution in [1.82, 2.24) is 15.2 Å². The summed E-state index contributed by atoms with van der Waals surface area (Å²) in [5.41, 5.74) is 0.619. The molecule has 1 aliphatic heterocycles. The van der Waals surface area contributed by atoms with E-state index in [2.05, 4.69) is 10.3 Å². The number of benzene rings is 1. The normalized spacial score (nSPS) is 13.7. The van der Waals surface area contributed by atoms with Gasteiger partial charge in [0.2, 0.25) is 5.89 Å². The topological polar surface area (TPSA) is 84.7 Å². The Morgan fingerprint density at radius 1 is 1.35 bits per heavy atom. The van der Waals surface area contributed by atoms with Crippen molar-refractivity contribution in [2.45, 2.75) is 26.3 Å². The van der Waals surface area contributed by atoms with E-state index in [-0.39, 0.29) is 24.2 Å². The van der Waals surface area contributed by atoms with Crippen LogP contribution in [-0.4, -0.2) is 41.9 Å². The highest BCUT2D eigenvalue weighted by atomic mass is 35.5. The van der Waals surface area contributed by atoms with E-state index >= 15 is 0 Å². The number of rotatable bonds is 5. The number of aromatic nitrogens is 1. The van der Waals surface area contributed by atoms with Crippen LogP contribution in [0.1, 0.15) is 45.3 Å². The average molecular weight is 378 g/mol. The first-order chi connectivity index (χ1) is 12.5. The van der Waals surface area contributed by atoms with Crippen LogP contribution < -0.4 is 10.1 Å². The maximum atomic E-state index is 12.4. The van der Waals surface area contributed by atoms with E-state index in [1.54, 1.807) is 24.0 Å². The van der Waals surface area contributed by atoms with Crippen LogP contribution >= 0.6 is 11.6 Å². The van der Waals surface area contributed by atoms with E-state index in [1.165, 1.54) is 13.2 Å². The van der Waals surface area contributed by atoms with Gasteiger partial charge in [-0.15, -0.1) is 0 Å². The van der Waals surface area contributed by atoms with E-state index < -0.39 is 0 Å². The van der Waals surface area contributed by atoms with Crippen molar-refractivity contribution in [1.29, 1.82) is 0 Å². The van der Waals surface area contributed by atoms with Crippen LogP contribution in [0.4, 0.5) is 0 Å². The fourth-order valence-electron chi connectivity index (χ4n) is 2.90. The first kappa shape index (κ1) is 18.3. The molecule has 1 aromatic carbocycles. The summed E-state index contributed by atoms with van der Waals surface area (Å²) in [5.74, 6) is 0.650. The molecule has 138 valence electrons. The number of likely N-dealkylation sites (tertiary alicyclic amines) is 1. The molecular formula is C18H20ClN3O4. The Labute approximate surface area is 156 Å². The van der Waals surface area contributed by atoms with Gasteiger partial charge in [-0.3, -0.25) is 9.59 Å². The summed E-state index contributed by atoms with van der Waals surface area (Å²) in [6.07, 6.45) is 2.01. The zero-order chi connectivity index (χ0) is 18.7. The molecule has 1 saturated heterocycles.